The van der Waals surface area contributed by atoms with E-state index in [0.29, 0.717) is 5.41 Å². The summed E-state index contributed by atoms with van der Waals surface area (Å²) >= 11 is 1.74. The average Bonchev–Trinajstić information content (AvgIpc) is 2.86. The SMILES string of the molecule is CC(C)(C)C1CCN(Cc2ccc3ncsc3c2)CC1. The molecule has 0 spiro atoms. The van der Waals surface area contributed by atoms with Crippen LogP contribution >= 0.6 is 11.3 Å². The Balaban J connectivity index is 1.62. The number of thiazole rings is 1. The van der Waals surface area contributed by atoms with Gasteiger partial charge in [-0.1, -0.05) is 26.8 Å². The second kappa shape index (κ2) is 5.45. The Bertz CT molecular complexity index is 574. The fourth-order valence-corrected chi connectivity index (χ4v) is 3.95. The number of hydrogen-bond donors (Lipinski definition) is 0. The van der Waals surface area contributed by atoms with Gasteiger partial charge in [0.1, 0.15) is 0 Å². The average molecular weight is 288 g/mol. The van der Waals surface area contributed by atoms with E-state index in [1.54, 1.807) is 11.3 Å². The van der Waals surface area contributed by atoms with Gasteiger partial charge in [0.2, 0.25) is 0 Å². The lowest BCUT2D eigenvalue weighted by Crippen LogP contribution is -2.37. The van der Waals surface area contributed by atoms with Crippen molar-refractivity contribution in [2.45, 2.75) is 40.2 Å². The maximum absolute atomic E-state index is 4.35. The van der Waals surface area contributed by atoms with Gasteiger partial charge in [-0.15, -0.1) is 11.3 Å². The van der Waals surface area contributed by atoms with Crippen LogP contribution in [0.5, 0.6) is 0 Å². The quantitative estimate of drug-likeness (QED) is 0.805. The lowest BCUT2D eigenvalue weighted by molar-refractivity contribution is 0.108. The van der Waals surface area contributed by atoms with Crippen molar-refractivity contribution in [3.05, 3.63) is 29.3 Å². The number of aromatic nitrogens is 1. The van der Waals surface area contributed by atoms with Crippen LogP contribution in [-0.2, 0) is 6.54 Å². The van der Waals surface area contributed by atoms with E-state index in [0.717, 1.165) is 18.0 Å². The zero-order valence-electron chi connectivity index (χ0n) is 12.7. The smallest absolute Gasteiger partial charge is 0.0812 e. The van der Waals surface area contributed by atoms with Crippen LogP contribution < -0.4 is 0 Å². The summed E-state index contributed by atoms with van der Waals surface area (Å²) in [4.78, 5) is 6.95. The molecule has 2 nitrogen and oxygen atoms in total. The minimum Gasteiger partial charge on any atom is -0.299 e. The maximum Gasteiger partial charge on any atom is 0.0812 e. The summed E-state index contributed by atoms with van der Waals surface area (Å²) < 4.78 is 1.31. The Labute approximate surface area is 125 Å². The molecule has 20 heavy (non-hydrogen) atoms. The molecule has 1 aliphatic rings. The van der Waals surface area contributed by atoms with Crippen LogP contribution in [-0.4, -0.2) is 23.0 Å². The largest absolute Gasteiger partial charge is 0.299 e. The number of fused-ring (bicyclic) bond motifs is 1. The Morgan fingerprint density at radius 1 is 1.25 bits per heavy atom. The van der Waals surface area contributed by atoms with Crippen molar-refractivity contribution in [1.82, 2.24) is 9.88 Å². The summed E-state index contributed by atoms with van der Waals surface area (Å²) in [6, 6.07) is 6.70. The fraction of sp³-hybridized carbons (Fsp3) is 0.588. The first kappa shape index (κ1) is 14.0. The van der Waals surface area contributed by atoms with E-state index < -0.39 is 0 Å². The topological polar surface area (TPSA) is 16.1 Å². The van der Waals surface area contributed by atoms with E-state index in [2.05, 4.69) is 48.9 Å². The van der Waals surface area contributed by atoms with Crippen LogP contribution in [0, 0.1) is 11.3 Å². The second-order valence-corrected chi connectivity index (χ2v) is 7.96. The standard InChI is InChI=1S/C17H24N2S/c1-17(2,3)14-6-8-19(9-7-14)11-13-4-5-15-16(10-13)20-12-18-15/h4-5,10,12,14H,6-9,11H2,1-3H3. The molecule has 0 aliphatic carbocycles. The van der Waals surface area contributed by atoms with Crippen LogP contribution in [0.15, 0.2) is 23.7 Å². The number of rotatable bonds is 2. The maximum atomic E-state index is 4.35. The third-order valence-corrected chi connectivity index (χ3v) is 5.41. The van der Waals surface area contributed by atoms with Crippen molar-refractivity contribution in [2.24, 2.45) is 11.3 Å². The van der Waals surface area contributed by atoms with Crippen molar-refractivity contribution in [2.75, 3.05) is 13.1 Å². The summed E-state index contributed by atoms with van der Waals surface area (Å²) in [6.07, 6.45) is 2.68. The van der Waals surface area contributed by atoms with Gasteiger partial charge in [-0.3, -0.25) is 4.90 Å². The molecule has 1 fully saturated rings. The van der Waals surface area contributed by atoms with Gasteiger partial charge in [-0.05, 0) is 55.0 Å². The van der Waals surface area contributed by atoms with Crippen molar-refractivity contribution in [3.8, 4) is 0 Å². The molecular formula is C17H24N2S. The van der Waals surface area contributed by atoms with E-state index in [4.69, 9.17) is 0 Å². The fourth-order valence-electron chi connectivity index (χ4n) is 3.21. The van der Waals surface area contributed by atoms with Gasteiger partial charge in [-0.25, -0.2) is 4.98 Å². The van der Waals surface area contributed by atoms with Gasteiger partial charge in [0.05, 0.1) is 15.7 Å². The van der Waals surface area contributed by atoms with Crippen LogP contribution in [0.4, 0.5) is 0 Å². The van der Waals surface area contributed by atoms with Gasteiger partial charge in [0.15, 0.2) is 0 Å². The van der Waals surface area contributed by atoms with E-state index in [1.165, 1.54) is 36.2 Å². The number of nitrogens with zero attached hydrogens (tertiary/aromatic N) is 2. The molecule has 1 aromatic heterocycles. The third-order valence-electron chi connectivity index (χ3n) is 4.61. The van der Waals surface area contributed by atoms with Crippen molar-refractivity contribution < 1.29 is 0 Å². The molecule has 0 atom stereocenters. The Kier molecular flexibility index (Phi) is 3.83. The summed E-state index contributed by atoms with van der Waals surface area (Å²) in [7, 11) is 0. The molecule has 0 saturated carbocycles. The minimum atomic E-state index is 0.466. The molecule has 0 amide bonds. The summed E-state index contributed by atoms with van der Waals surface area (Å²) in [6.45, 7) is 10.7. The van der Waals surface area contributed by atoms with Crippen LogP contribution in [0.3, 0.4) is 0 Å². The molecular weight excluding hydrogens is 264 g/mol. The van der Waals surface area contributed by atoms with Gasteiger partial charge in [0.25, 0.3) is 0 Å². The molecule has 108 valence electrons. The number of piperidine rings is 1. The molecule has 3 rings (SSSR count). The zero-order valence-corrected chi connectivity index (χ0v) is 13.5. The Morgan fingerprint density at radius 2 is 2.00 bits per heavy atom. The third kappa shape index (κ3) is 3.04. The molecule has 0 N–H and O–H groups in total. The monoisotopic (exact) mass is 288 g/mol. The molecule has 0 bridgehead atoms. The predicted octanol–water partition coefficient (Wildman–Crippen LogP) is 4.55. The van der Waals surface area contributed by atoms with Crippen LogP contribution in [0.2, 0.25) is 0 Å². The first-order valence-electron chi connectivity index (χ1n) is 7.57. The van der Waals surface area contributed by atoms with E-state index in [9.17, 15) is 0 Å². The molecule has 0 unspecified atom stereocenters. The molecule has 0 radical (unpaired) electrons. The number of benzene rings is 1. The first-order chi connectivity index (χ1) is 9.52. The summed E-state index contributed by atoms with van der Waals surface area (Å²) in [5.41, 5.74) is 4.96. The molecule has 3 heteroatoms. The predicted molar refractivity (Wildman–Crippen MR) is 87.1 cm³/mol. The first-order valence-corrected chi connectivity index (χ1v) is 8.45. The molecule has 1 saturated heterocycles. The molecule has 1 aromatic carbocycles. The number of hydrogen-bond acceptors (Lipinski definition) is 3. The lowest BCUT2D eigenvalue weighted by atomic mass is 9.75. The van der Waals surface area contributed by atoms with Crippen LogP contribution in [0.1, 0.15) is 39.2 Å². The lowest BCUT2D eigenvalue weighted by Gasteiger charge is -2.38. The Morgan fingerprint density at radius 3 is 2.70 bits per heavy atom. The van der Waals surface area contributed by atoms with Gasteiger partial charge in [-0.2, -0.15) is 0 Å². The molecule has 1 aliphatic heterocycles. The molecule has 2 heterocycles. The normalized spacial score (nSPS) is 18.8. The number of likely N-dealkylation sites (tertiary alicyclic amines) is 1. The van der Waals surface area contributed by atoms with Crippen LogP contribution in [0.25, 0.3) is 10.2 Å². The zero-order chi connectivity index (χ0) is 14.2. The van der Waals surface area contributed by atoms with E-state index in [-0.39, 0.29) is 0 Å². The highest BCUT2D eigenvalue weighted by Crippen LogP contribution is 2.34. The second-order valence-electron chi connectivity index (χ2n) is 7.07. The van der Waals surface area contributed by atoms with Gasteiger partial charge < -0.3 is 0 Å². The highest BCUT2D eigenvalue weighted by atomic mass is 32.1. The van der Waals surface area contributed by atoms with Crippen molar-refractivity contribution in [1.29, 1.82) is 0 Å². The van der Waals surface area contributed by atoms with Gasteiger partial charge >= 0.3 is 0 Å². The summed E-state index contributed by atoms with van der Waals surface area (Å²) in [5, 5.41) is 0. The van der Waals surface area contributed by atoms with E-state index >= 15 is 0 Å². The van der Waals surface area contributed by atoms with E-state index in [1.807, 2.05) is 5.51 Å². The molecule has 2 aromatic rings. The minimum absolute atomic E-state index is 0.466. The Hall–Kier alpha value is -0.930. The summed E-state index contributed by atoms with van der Waals surface area (Å²) in [5.74, 6) is 0.878. The van der Waals surface area contributed by atoms with Crippen molar-refractivity contribution >= 4 is 21.6 Å². The van der Waals surface area contributed by atoms with Gasteiger partial charge in [0, 0.05) is 6.54 Å². The highest BCUT2D eigenvalue weighted by Gasteiger charge is 2.28. The highest BCUT2D eigenvalue weighted by molar-refractivity contribution is 7.16. The van der Waals surface area contributed by atoms with Crippen molar-refractivity contribution in [3.63, 3.8) is 0 Å².